The van der Waals surface area contributed by atoms with Crippen molar-refractivity contribution in [1.82, 2.24) is 4.31 Å². The zero-order valence-corrected chi connectivity index (χ0v) is 12.6. The molecule has 0 radical (unpaired) electrons. The van der Waals surface area contributed by atoms with E-state index in [1.54, 1.807) is 19.1 Å². The Hall–Kier alpha value is -1.11. The number of aryl methyl sites for hydroxylation is 1. The maximum atomic E-state index is 12.7. The quantitative estimate of drug-likeness (QED) is 0.928. The average Bonchev–Trinajstić information content (AvgIpc) is 2.41. The van der Waals surface area contributed by atoms with Gasteiger partial charge in [0.2, 0.25) is 10.0 Å². The minimum Gasteiger partial charge on any atom is -0.480 e. The molecule has 0 spiro atoms. The van der Waals surface area contributed by atoms with E-state index in [0.29, 0.717) is 23.4 Å². The smallest absolute Gasteiger partial charge is 0.322 e. The maximum absolute atomic E-state index is 12.7. The molecule has 7 heteroatoms. The van der Waals surface area contributed by atoms with Crippen LogP contribution in [-0.2, 0) is 14.8 Å². The molecule has 1 saturated heterocycles. The Kier molecular flexibility index (Phi) is 4.36. The first-order valence-corrected chi connectivity index (χ1v) is 8.16. The van der Waals surface area contributed by atoms with Crippen LogP contribution in [0.4, 0.5) is 0 Å². The van der Waals surface area contributed by atoms with E-state index in [1.165, 1.54) is 6.07 Å². The van der Waals surface area contributed by atoms with E-state index in [2.05, 4.69) is 0 Å². The number of halogens is 1. The SMILES string of the molecule is Cc1ccc(Cl)cc1S(=O)(=O)N1CCCC[C@H]1C(=O)O. The molecule has 0 aliphatic carbocycles. The molecular formula is C13H16ClNO4S. The van der Waals surface area contributed by atoms with Gasteiger partial charge >= 0.3 is 5.97 Å². The van der Waals surface area contributed by atoms with E-state index in [-0.39, 0.29) is 11.4 Å². The van der Waals surface area contributed by atoms with Gasteiger partial charge in [-0.25, -0.2) is 8.42 Å². The second-order valence-electron chi connectivity index (χ2n) is 4.88. The topological polar surface area (TPSA) is 74.7 Å². The van der Waals surface area contributed by atoms with Crippen molar-refractivity contribution in [3.8, 4) is 0 Å². The van der Waals surface area contributed by atoms with Crippen LogP contribution in [0.5, 0.6) is 0 Å². The molecule has 0 amide bonds. The van der Waals surface area contributed by atoms with E-state index >= 15 is 0 Å². The first kappa shape index (κ1) is 15.3. The van der Waals surface area contributed by atoms with Crippen molar-refractivity contribution in [2.24, 2.45) is 0 Å². The minimum absolute atomic E-state index is 0.0816. The van der Waals surface area contributed by atoms with Crippen LogP contribution in [0.3, 0.4) is 0 Å². The van der Waals surface area contributed by atoms with E-state index in [4.69, 9.17) is 11.6 Å². The highest BCUT2D eigenvalue weighted by atomic mass is 35.5. The van der Waals surface area contributed by atoms with Crippen LogP contribution in [0.2, 0.25) is 5.02 Å². The van der Waals surface area contributed by atoms with Gasteiger partial charge in [-0.3, -0.25) is 4.79 Å². The lowest BCUT2D eigenvalue weighted by Gasteiger charge is -2.32. The maximum Gasteiger partial charge on any atom is 0.322 e. The van der Waals surface area contributed by atoms with Gasteiger partial charge in [0.15, 0.2) is 0 Å². The van der Waals surface area contributed by atoms with E-state index < -0.39 is 22.0 Å². The molecule has 110 valence electrons. The van der Waals surface area contributed by atoms with Crippen molar-refractivity contribution >= 4 is 27.6 Å². The summed E-state index contributed by atoms with van der Waals surface area (Å²) in [6, 6.07) is 3.61. The number of nitrogens with zero attached hydrogens (tertiary/aromatic N) is 1. The molecule has 1 aliphatic heterocycles. The summed E-state index contributed by atoms with van der Waals surface area (Å²) in [6.45, 7) is 1.90. The highest BCUT2D eigenvalue weighted by Gasteiger charge is 2.38. The Morgan fingerprint density at radius 2 is 2.10 bits per heavy atom. The van der Waals surface area contributed by atoms with Crippen molar-refractivity contribution in [1.29, 1.82) is 0 Å². The lowest BCUT2D eigenvalue weighted by atomic mass is 10.1. The van der Waals surface area contributed by atoms with Crippen LogP contribution in [0.25, 0.3) is 0 Å². The number of aliphatic carboxylic acids is 1. The van der Waals surface area contributed by atoms with Gasteiger partial charge in [0.1, 0.15) is 6.04 Å². The molecule has 0 aromatic heterocycles. The molecule has 1 aromatic rings. The zero-order chi connectivity index (χ0) is 14.9. The van der Waals surface area contributed by atoms with Crippen LogP contribution < -0.4 is 0 Å². The van der Waals surface area contributed by atoms with Crippen molar-refractivity contribution in [3.05, 3.63) is 28.8 Å². The molecule has 5 nitrogen and oxygen atoms in total. The third-order valence-corrected chi connectivity index (χ3v) is 5.76. The average molecular weight is 318 g/mol. The zero-order valence-electron chi connectivity index (χ0n) is 11.0. The van der Waals surface area contributed by atoms with E-state index in [9.17, 15) is 18.3 Å². The predicted molar refractivity (Wildman–Crippen MR) is 75.4 cm³/mol. The standard InChI is InChI=1S/C13H16ClNO4S/c1-9-5-6-10(14)8-12(9)20(18,19)15-7-3-2-4-11(15)13(16)17/h5-6,8,11H,2-4,7H2,1H3,(H,16,17)/t11-/m0/s1. The number of rotatable bonds is 3. The molecule has 1 fully saturated rings. The Bertz CT molecular complexity index is 629. The summed E-state index contributed by atoms with van der Waals surface area (Å²) < 4.78 is 26.4. The number of benzene rings is 1. The summed E-state index contributed by atoms with van der Waals surface area (Å²) in [5.41, 5.74) is 0.559. The van der Waals surface area contributed by atoms with Gasteiger partial charge in [-0.05, 0) is 43.9 Å². The largest absolute Gasteiger partial charge is 0.480 e. The summed E-state index contributed by atoms with van der Waals surface area (Å²) in [5.74, 6) is -1.10. The van der Waals surface area contributed by atoms with Crippen molar-refractivity contribution in [2.45, 2.75) is 37.1 Å². The monoisotopic (exact) mass is 317 g/mol. The van der Waals surface area contributed by atoms with Crippen molar-refractivity contribution in [2.75, 3.05) is 6.54 Å². The second kappa shape index (κ2) is 5.71. The molecule has 1 heterocycles. The Labute approximate surface area is 123 Å². The molecule has 1 aliphatic rings. The predicted octanol–water partition coefficient (Wildman–Crippen LogP) is 2.28. The fraction of sp³-hybridized carbons (Fsp3) is 0.462. The lowest BCUT2D eigenvalue weighted by molar-refractivity contribution is -0.142. The van der Waals surface area contributed by atoms with Crippen LogP contribution in [0, 0.1) is 6.92 Å². The third kappa shape index (κ3) is 2.82. The molecule has 2 rings (SSSR count). The molecule has 1 aromatic carbocycles. The first-order valence-electron chi connectivity index (χ1n) is 6.35. The number of carboxylic acids is 1. The summed E-state index contributed by atoms with van der Waals surface area (Å²) in [7, 11) is -3.84. The molecule has 0 bridgehead atoms. The summed E-state index contributed by atoms with van der Waals surface area (Å²) in [5, 5.41) is 9.53. The minimum atomic E-state index is -3.84. The number of sulfonamides is 1. The van der Waals surface area contributed by atoms with E-state index in [0.717, 1.165) is 10.7 Å². The lowest BCUT2D eigenvalue weighted by Crippen LogP contribution is -2.47. The van der Waals surface area contributed by atoms with Crippen LogP contribution >= 0.6 is 11.6 Å². The number of hydrogen-bond acceptors (Lipinski definition) is 3. The van der Waals surface area contributed by atoms with Crippen LogP contribution in [-0.4, -0.2) is 36.4 Å². The molecule has 0 unspecified atom stereocenters. The Morgan fingerprint density at radius 3 is 2.75 bits per heavy atom. The van der Waals surface area contributed by atoms with Gasteiger partial charge in [0.05, 0.1) is 4.90 Å². The number of piperidine rings is 1. The summed E-state index contributed by atoms with van der Waals surface area (Å²) >= 11 is 5.86. The molecule has 0 saturated carbocycles. The van der Waals surface area contributed by atoms with Gasteiger partial charge in [-0.15, -0.1) is 0 Å². The van der Waals surface area contributed by atoms with Crippen molar-refractivity contribution in [3.63, 3.8) is 0 Å². The Morgan fingerprint density at radius 1 is 1.40 bits per heavy atom. The van der Waals surface area contributed by atoms with Gasteiger partial charge in [0.25, 0.3) is 0 Å². The fourth-order valence-corrected chi connectivity index (χ4v) is 4.56. The van der Waals surface area contributed by atoms with Gasteiger partial charge in [0, 0.05) is 11.6 Å². The highest BCUT2D eigenvalue weighted by molar-refractivity contribution is 7.89. The molecule has 20 heavy (non-hydrogen) atoms. The molecule has 1 atom stereocenters. The Balaban J connectivity index is 2.47. The summed E-state index contributed by atoms with van der Waals surface area (Å²) in [6.07, 6.45) is 1.73. The highest BCUT2D eigenvalue weighted by Crippen LogP contribution is 2.28. The second-order valence-corrected chi connectivity index (χ2v) is 7.17. The van der Waals surface area contributed by atoms with Gasteiger partial charge < -0.3 is 5.11 Å². The van der Waals surface area contributed by atoms with Crippen LogP contribution in [0.1, 0.15) is 24.8 Å². The van der Waals surface area contributed by atoms with Crippen molar-refractivity contribution < 1.29 is 18.3 Å². The molecule has 1 N–H and O–H groups in total. The number of carboxylic acid groups (broad SMARTS) is 1. The van der Waals surface area contributed by atoms with E-state index in [1.807, 2.05) is 0 Å². The third-order valence-electron chi connectivity index (χ3n) is 3.48. The fourth-order valence-electron chi connectivity index (χ4n) is 2.42. The normalized spacial score (nSPS) is 20.8. The molecular weight excluding hydrogens is 302 g/mol. The first-order chi connectivity index (χ1) is 9.34. The summed E-state index contributed by atoms with van der Waals surface area (Å²) in [4.78, 5) is 11.3. The number of hydrogen-bond donors (Lipinski definition) is 1. The number of carbonyl (C=O) groups is 1. The van der Waals surface area contributed by atoms with Gasteiger partial charge in [-0.1, -0.05) is 17.7 Å². The van der Waals surface area contributed by atoms with Gasteiger partial charge in [-0.2, -0.15) is 4.31 Å². The van der Waals surface area contributed by atoms with Crippen LogP contribution in [0.15, 0.2) is 23.1 Å².